The van der Waals surface area contributed by atoms with E-state index in [2.05, 4.69) is 28.4 Å². The van der Waals surface area contributed by atoms with E-state index in [4.69, 9.17) is 0 Å². The van der Waals surface area contributed by atoms with Gasteiger partial charge in [0.1, 0.15) is 5.82 Å². The molecule has 0 amide bonds. The fraction of sp³-hybridized carbons (Fsp3) is 0.400. The molecule has 4 heteroatoms. The Labute approximate surface area is 143 Å². The highest BCUT2D eigenvalue weighted by Gasteiger charge is 2.20. The molecule has 0 atom stereocenters. The maximum atomic E-state index is 13.4. The highest BCUT2D eigenvalue weighted by atomic mass is 19.1. The number of hydrogen-bond acceptors (Lipinski definition) is 3. The van der Waals surface area contributed by atoms with E-state index in [1.807, 2.05) is 18.2 Å². The molecule has 3 nitrogen and oxygen atoms in total. The van der Waals surface area contributed by atoms with Gasteiger partial charge in [-0.3, -0.25) is 0 Å². The van der Waals surface area contributed by atoms with E-state index in [1.165, 1.54) is 11.8 Å². The summed E-state index contributed by atoms with van der Waals surface area (Å²) in [6, 6.07) is 13.5. The average Bonchev–Trinajstić information content (AvgIpc) is 2.63. The molecule has 1 heterocycles. The van der Waals surface area contributed by atoms with Crippen LogP contribution in [0.1, 0.15) is 24.0 Å². The van der Waals surface area contributed by atoms with Gasteiger partial charge in [-0.25, -0.2) is 4.39 Å². The van der Waals surface area contributed by atoms with Gasteiger partial charge in [-0.2, -0.15) is 0 Å². The number of anilines is 2. The molecule has 24 heavy (non-hydrogen) atoms. The van der Waals surface area contributed by atoms with Crippen LogP contribution in [0, 0.1) is 18.7 Å². The summed E-state index contributed by atoms with van der Waals surface area (Å²) in [5.41, 5.74) is 4.05. The molecule has 0 bridgehead atoms. The van der Waals surface area contributed by atoms with E-state index in [0.717, 1.165) is 37.2 Å². The molecule has 0 aliphatic carbocycles. The van der Waals surface area contributed by atoms with E-state index >= 15 is 0 Å². The van der Waals surface area contributed by atoms with Crippen molar-refractivity contribution in [1.29, 1.82) is 0 Å². The number of nitrogens with zero attached hydrogens (tertiary/aromatic N) is 1. The molecule has 3 rings (SSSR count). The SMILES string of the molecule is Cc1cc(CNc2ccccc2N2CCC(CO)CC2)ccc1F. The topological polar surface area (TPSA) is 35.5 Å². The lowest BCUT2D eigenvalue weighted by Gasteiger charge is -2.34. The van der Waals surface area contributed by atoms with Crippen LogP contribution in [0.15, 0.2) is 42.5 Å². The molecule has 0 spiro atoms. The van der Waals surface area contributed by atoms with Crippen molar-refractivity contribution >= 4 is 11.4 Å². The Morgan fingerprint density at radius 1 is 1.17 bits per heavy atom. The van der Waals surface area contributed by atoms with Gasteiger partial charge >= 0.3 is 0 Å². The van der Waals surface area contributed by atoms with Crippen LogP contribution in [0.25, 0.3) is 0 Å². The zero-order valence-electron chi connectivity index (χ0n) is 14.1. The molecule has 1 aliphatic rings. The van der Waals surface area contributed by atoms with Crippen LogP contribution in [0.4, 0.5) is 15.8 Å². The van der Waals surface area contributed by atoms with Crippen molar-refractivity contribution in [3.05, 3.63) is 59.4 Å². The van der Waals surface area contributed by atoms with Crippen LogP contribution in [0.5, 0.6) is 0 Å². The summed E-state index contributed by atoms with van der Waals surface area (Å²) in [6.45, 7) is 4.69. The predicted molar refractivity (Wildman–Crippen MR) is 96.9 cm³/mol. The molecule has 1 saturated heterocycles. The van der Waals surface area contributed by atoms with Gasteiger partial charge in [0.25, 0.3) is 0 Å². The molecule has 0 radical (unpaired) electrons. The third kappa shape index (κ3) is 3.88. The van der Waals surface area contributed by atoms with Crippen molar-refractivity contribution in [3.63, 3.8) is 0 Å². The van der Waals surface area contributed by atoms with E-state index < -0.39 is 0 Å². The molecular formula is C20H25FN2O. The Bertz CT molecular complexity index is 681. The van der Waals surface area contributed by atoms with Gasteiger partial charge in [0.15, 0.2) is 0 Å². The van der Waals surface area contributed by atoms with E-state index in [1.54, 1.807) is 6.92 Å². The minimum atomic E-state index is -0.161. The van der Waals surface area contributed by atoms with E-state index in [9.17, 15) is 9.50 Å². The highest BCUT2D eigenvalue weighted by Crippen LogP contribution is 2.30. The molecule has 0 unspecified atom stereocenters. The van der Waals surface area contributed by atoms with Crippen LogP contribution >= 0.6 is 0 Å². The first-order valence-corrected chi connectivity index (χ1v) is 8.61. The largest absolute Gasteiger partial charge is 0.396 e. The Balaban J connectivity index is 1.69. The number of piperidine rings is 1. The van der Waals surface area contributed by atoms with Gasteiger partial charge in [-0.05, 0) is 55.0 Å². The van der Waals surface area contributed by atoms with Crippen molar-refractivity contribution in [2.24, 2.45) is 5.92 Å². The number of hydrogen-bond donors (Lipinski definition) is 2. The van der Waals surface area contributed by atoms with Gasteiger partial charge in [0.2, 0.25) is 0 Å². The van der Waals surface area contributed by atoms with Gasteiger partial charge < -0.3 is 15.3 Å². The zero-order valence-corrected chi connectivity index (χ0v) is 14.1. The molecule has 128 valence electrons. The normalized spacial score (nSPS) is 15.5. The zero-order chi connectivity index (χ0) is 16.9. The summed E-state index contributed by atoms with van der Waals surface area (Å²) >= 11 is 0. The first kappa shape index (κ1) is 16.8. The van der Waals surface area contributed by atoms with Gasteiger partial charge in [-0.15, -0.1) is 0 Å². The Hall–Kier alpha value is -2.07. The van der Waals surface area contributed by atoms with Crippen LogP contribution in [-0.2, 0) is 6.54 Å². The van der Waals surface area contributed by atoms with Crippen LogP contribution in [-0.4, -0.2) is 24.8 Å². The maximum Gasteiger partial charge on any atom is 0.126 e. The van der Waals surface area contributed by atoms with Crippen molar-refractivity contribution in [3.8, 4) is 0 Å². The highest BCUT2D eigenvalue weighted by molar-refractivity contribution is 5.70. The molecule has 0 saturated carbocycles. The molecule has 2 N–H and O–H groups in total. The summed E-state index contributed by atoms with van der Waals surface area (Å²) < 4.78 is 13.4. The molecule has 0 aromatic heterocycles. The number of para-hydroxylation sites is 2. The summed E-state index contributed by atoms with van der Waals surface area (Å²) in [7, 11) is 0. The number of benzene rings is 2. The second-order valence-electron chi connectivity index (χ2n) is 6.57. The minimum Gasteiger partial charge on any atom is -0.396 e. The summed E-state index contributed by atoms with van der Waals surface area (Å²) in [6.07, 6.45) is 2.06. The number of nitrogens with one attached hydrogen (secondary N) is 1. The van der Waals surface area contributed by atoms with Crippen LogP contribution in [0.2, 0.25) is 0 Å². The lowest BCUT2D eigenvalue weighted by atomic mass is 9.97. The molecule has 1 fully saturated rings. The first-order chi connectivity index (χ1) is 11.7. The quantitative estimate of drug-likeness (QED) is 0.872. The second-order valence-corrected chi connectivity index (χ2v) is 6.57. The average molecular weight is 328 g/mol. The Kier molecular flexibility index (Phi) is 5.36. The second kappa shape index (κ2) is 7.67. The number of rotatable bonds is 5. The van der Waals surface area contributed by atoms with Gasteiger partial charge in [0, 0.05) is 26.2 Å². The minimum absolute atomic E-state index is 0.161. The predicted octanol–water partition coefficient (Wildman–Crippen LogP) is 3.95. The Morgan fingerprint density at radius 2 is 1.92 bits per heavy atom. The third-order valence-corrected chi connectivity index (χ3v) is 4.82. The fourth-order valence-corrected chi connectivity index (χ4v) is 3.27. The number of aliphatic hydroxyl groups excluding tert-OH is 1. The van der Waals surface area contributed by atoms with Crippen molar-refractivity contribution in [2.75, 3.05) is 29.9 Å². The van der Waals surface area contributed by atoms with Crippen molar-refractivity contribution in [2.45, 2.75) is 26.3 Å². The molecule has 1 aliphatic heterocycles. The smallest absolute Gasteiger partial charge is 0.126 e. The first-order valence-electron chi connectivity index (χ1n) is 8.61. The Morgan fingerprint density at radius 3 is 2.62 bits per heavy atom. The molecule has 2 aromatic carbocycles. The maximum absolute atomic E-state index is 13.4. The summed E-state index contributed by atoms with van der Waals surface area (Å²) in [4.78, 5) is 2.38. The summed E-state index contributed by atoms with van der Waals surface area (Å²) in [5, 5.41) is 12.8. The standard InChI is InChI=1S/C20H25FN2O/c1-15-12-17(6-7-18(15)21)13-22-19-4-2-3-5-20(19)23-10-8-16(14-24)9-11-23/h2-7,12,16,22,24H,8-11,13-14H2,1H3. The third-order valence-electron chi connectivity index (χ3n) is 4.82. The monoisotopic (exact) mass is 328 g/mol. The van der Waals surface area contributed by atoms with Crippen LogP contribution in [0.3, 0.4) is 0 Å². The number of halogens is 1. The van der Waals surface area contributed by atoms with Gasteiger partial charge in [-0.1, -0.05) is 24.3 Å². The lowest BCUT2D eigenvalue weighted by Crippen LogP contribution is -2.35. The number of aliphatic hydroxyl groups is 1. The van der Waals surface area contributed by atoms with E-state index in [0.29, 0.717) is 18.0 Å². The number of aryl methyl sites for hydroxylation is 1. The molecule has 2 aromatic rings. The van der Waals surface area contributed by atoms with Crippen molar-refractivity contribution < 1.29 is 9.50 Å². The van der Waals surface area contributed by atoms with E-state index in [-0.39, 0.29) is 12.4 Å². The van der Waals surface area contributed by atoms with Crippen molar-refractivity contribution in [1.82, 2.24) is 0 Å². The summed E-state index contributed by atoms with van der Waals surface area (Å²) in [5.74, 6) is 0.273. The lowest BCUT2D eigenvalue weighted by molar-refractivity contribution is 0.203. The van der Waals surface area contributed by atoms with Gasteiger partial charge in [0.05, 0.1) is 11.4 Å². The fourth-order valence-electron chi connectivity index (χ4n) is 3.27. The molecular weight excluding hydrogens is 303 g/mol. The van der Waals surface area contributed by atoms with Crippen LogP contribution < -0.4 is 10.2 Å².